The summed E-state index contributed by atoms with van der Waals surface area (Å²) in [5, 5.41) is 10.3. The Morgan fingerprint density at radius 3 is 2.54 bits per heavy atom. The SMILES string of the molecule is CC1CN(CC(O)CN(C)CCOc2ccc(F)cc2)CC(C)O1. The van der Waals surface area contributed by atoms with Crippen LogP contribution in [-0.4, -0.2) is 79.6 Å². The van der Waals surface area contributed by atoms with Gasteiger partial charge in [-0.15, -0.1) is 0 Å². The lowest BCUT2D eigenvalue weighted by atomic mass is 10.2. The number of halogens is 1. The summed E-state index contributed by atoms with van der Waals surface area (Å²) >= 11 is 0. The first-order valence-corrected chi connectivity index (χ1v) is 8.55. The summed E-state index contributed by atoms with van der Waals surface area (Å²) in [6.07, 6.45) is 0.0175. The number of benzene rings is 1. The molecule has 3 atom stereocenters. The maximum absolute atomic E-state index is 12.8. The Balaban J connectivity index is 1.64. The molecule has 5 nitrogen and oxygen atoms in total. The van der Waals surface area contributed by atoms with Crippen LogP contribution in [0, 0.1) is 5.82 Å². The maximum Gasteiger partial charge on any atom is 0.123 e. The molecule has 2 rings (SSSR count). The number of rotatable bonds is 8. The molecule has 0 spiro atoms. The Morgan fingerprint density at radius 1 is 1.29 bits per heavy atom. The quantitative estimate of drug-likeness (QED) is 0.779. The predicted molar refractivity (Wildman–Crippen MR) is 91.8 cm³/mol. The third-order valence-electron chi connectivity index (χ3n) is 4.04. The molecule has 1 aliphatic rings. The molecule has 136 valence electrons. The summed E-state index contributed by atoms with van der Waals surface area (Å²) in [5.74, 6) is 0.385. The smallest absolute Gasteiger partial charge is 0.123 e. The van der Waals surface area contributed by atoms with Crippen molar-refractivity contribution in [3.8, 4) is 5.75 Å². The fourth-order valence-corrected chi connectivity index (χ4v) is 3.09. The van der Waals surface area contributed by atoms with Crippen LogP contribution in [0.25, 0.3) is 0 Å². The summed E-state index contributed by atoms with van der Waals surface area (Å²) < 4.78 is 24.1. The van der Waals surface area contributed by atoms with Gasteiger partial charge in [-0.25, -0.2) is 4.39 Å². The van der Waals surface area contributed by atoms with Crippen LogP contribution in [0.4, 0.5) is 4.39 Å². The zero-order valence-corrected chi connectivity index (χ0v) is 14.8. The zero-order chi connectivity index (χ0) is 17.5. The molecule has 1 aromatic carbocycles. The fraction of sp³-hybridized carbons (Fsp3) is 0.667. The number of β-amino-alcohol motifs (C(OH)–C–C–N with tert-alkyl or cyclic N) is 1. The van der Waals surface area contributed by atoms with Crippen LogP contribution in [-0.2, 0) is 4.74 Å². The number of hydrogen-bond acceptors (Lipinski definition) is 5. The van der Waals surface area contributed by atoms with Crippen molar-refractivity contribution >= 4 is 0 Å². The average molecular weight is 340 g/mol. The lowest BCUT2D eigenvalue weighted by molar-refractivity contribution is -0.0777. The molecular formula is C18H29FN2O3. The fourth-order valence-electron chi connectivity index (χ4n) is 3.09. The van der Waals surface area contributed by atoms with Gasteiger partial charge in [0.05, 0.1) is 18.3 Å². The number of nitrogens with zero attached hydrogens (tertiary/aromatic N) is 2. The second-order valence-electron chi connectivity index (χ2n) is 6.69. The number of aliphatic hydroxyl groups excluding tert-OH is 1. The van der Waals surface area contributed by atoms with Gasteiger partial charge in [0, 0.05) is 32.7 Å². The molecule has 1 aromatic rings. The van der Waals surface area contributed by atoms with Crippen molar-refractivity contribution in [1.29, 1.82) is 0 Å². The number of likely N-dealkylation sites (N-methyl/N-ethyl adjacent to an activating group) is 1. The lowest BCUT2D eigenvalue weighted by Gasteiger charge is -2.36. The summed E-state index contributed by atoms with van der Waals surface area (Å²) in [6.45, 7) is 8.29. The van der Waals surface area contributed by atoms with Crippen LogP contribution in [0.1, 0.15) is 13.8 Å². The normalized spacial score (nSPS) is 23.4. The van der Waals surface area contributed by atoms with E-state index in [0.717, 1.165) is 13.1 Å². The van der Waals surface area contributed by atoms with E-state index >= 15 is 0 Å². The van der Waals surface area contributed by atoms with E-state index in [0.29, 0.717) is 32.0 Å². The highest BCUT2D eigenvalue weighted by Crippen LogP contribution is 2.12. The molecular weight excluding hydrogens is 311 g/mol. The topological polar surface area (TPSA) is 45.2 Å². The van der Waals surface area contributed by atoms with E-state index in [1.165, 1.54) is 12.1 Å². The predicted octanol–water partition coefficient (Wildman–Crippen LogP) is 1.61. The molecule has 0 aromatic heterocycles. The highest BCUT2D eigenvalue weighted by atomic mass is 19.1. The summed E-state index contributed by atoms with van der Waals surface area (Å²) in [5.41, 5.74) is 0. The van der Waals surface area contributed by atoms with Crippen molar-refractivity contribution in [1.82, 2.24) is 9.80 Å². The number of aliphatic hydroxyl groups is 1. The second kappa shape index (κ2) is 9.32. The number of ether oxygens (including phenoxy) is 2. The number of morpholine rings is 1. The molecule has 3 unspecified atom stereocenters. The largest absolute Gasteiger partial charge is 0.492 e. The molecule has 0 saturated carbocycles. The Hall–Kier alpha value is -1.21. The molecule has 6 heteroatoms. The molecule has 1 fully saturated rings. The lowest BCUT2D eigenvalue weighted by Crippen LogP contribution is -2.49. The van der Waals surface area contributed by atoms with Gasteiger partial charge >= 0.3 is 0 Å². The van der Waals surface area contributed by atoms with E-state index in [-0.39, 0.29) is 18.0 Å². The van der Waals surface area contributed by atoms with Crippen LogP contribution in [0.5, 0.6) is 5.75 Å². The van der Waals surface area contributed by atoms with Crippen molar-refractivity contribution in [2.75, 3.05) is 46.4 Å². The van der Waals surface area contributed by atoms with E-state index in [2.05, 4.69) is 18.7 Å². The first-order chi connectivity index (χ1) is 11.4. The first kappa shape index (κ1) is 19.1. The highest BCUT2D eigenvalue weighted by Gasteiger charge is 2.24. The minimum absolute atomic E-state index is 0.211. The molecule has 24 heavy (non-hydrogen) atoms. The van der Waals surface area contributed by atoms with Gasteiger partial charge in [0.25, 0.3) is 0 Å². The third kappa shape index (κ3) is 6.73. The maximum atomic E-state index is 12.8. The summed E-state index contributed by atoms with van der Waals surface area (Å²) in [4.78, 5) is 4.30. The molecule has 0 aliphatic carbocycles. The number of hydrogen-bond donors (Lipinski definition) is 1. The van der Waals surface area contributed by atoms with Crippen LogP contribution >= 0.6 is 0 Å². The minimum Gasteiger partial charge on any atom is -0.492 e. The monoisotopic (exact) mass is 340 g/mol. The Bertz CT molecular complexity index is 476. The Kier molecular flexibility index (Phi) is 7.42. The average Bonchev–Trinajstić information content (AvgIpc) is 2.48. The molecule has 0 radical (unpaired) electrons. The summed E-state index contributed by atoms with van der Waals surface area (Å²) in [7, 11) is 1.96. The minimum atomic E-state index is -0.404. The van der Waals surface area contributed by atoms with E-state index in [9.17, 15) is 9.50 Å². The van der Waals surface area contributed by atoms with E-state index in [1.54, 1.807) is 12.1 Å². The van der Waals surface area contributed by atoms with E-state index in [4.69, 9.17) is 9.47 Å². The van der Waals surface area contributed by atoms with Crippen LogP contribution in [0.3, 0.4) is 0 Å². The Labute approximate surface area is 144 Å². The van der Waals surface area contributed by atoms with Gasteiger partial charge in [-0.2, -0.15) is 0 Å². The zero-order valence-electron chi connectivity index (χ0n) is 14.8. The van der Waals surface area contributed by atoms with Crippen molar-refractivity contribution in [2.45, 2.75) is 32.2 Å². The van der Waals surface area contributed by atoms with Crippen molar-refractivity contribution in [3.63, 3.8) is 0 Å². The van der Waals surface area contributed by atoms with Gasteiger partial charge in [-0.05, 0) is 45.2 Å². The van der Waals surface area contributed by atoms with Crippen molar-refractivity contribution in [2.24, 2.45) is 0 Å². The standard InChI is InChI=1S/C18H29FN2O3/c1-14-10-21(11-15(2)24-14)13-17(22)12-20(3)8-9-23-18-6-4-16(19)5-7-18/h4-7,14-15,17,22H,8-13H2,1-3H3. The molecule has 1 N–H and O–H groups in total. The summed E-state index contributed by atoms with van der Waals surface area (Å²) in [6, 6.07) is 6.00. The van der Waals surface area contributed by atoms with Crippen LogP contribution in [0.15, 0.2) is 24.3 Å². The van der Waals surface area contributed by atoms with Gasteiger partial charge < -0.3 is 19.5 Å². The van der Waals surface area contributed by atoms with Gasteiger partial charge in [0.2, 0.25) is 0 Å². The molecule has 0 bridgehead atoms. The van der Waals surface area contributed by atoms with Crippen molar-refractivity contribution in [3.05, 3.63) is 30.1 Å². The van der Waals surface area contributed by atoms with E-state index < -0.39 is 6.10 Å². The Morgan fingerprint density at radius 2 is 1.92 bits per heavy atom. The van der Waals surface area contributed by atoms with Crippen molar-refractivity contribution < 1.29 is 19.0 Å². The molecule has 1 aliphatic heterocycles. The van der Waals surface area contributed by atoms with Gasteiger partial charge in [-0.1, -0.05) is 0 Å². The third-order valence-corrected chi connectivity index (χ3v) is 4.04. The van der Waals surface area contributed by atoms with E-state index in [1.807, 2.05) is 11.9 Å². The second-order valence-corrected chi connectivity index (χ2v) is 6.69. The molecule has 1 heterocycles. The molecule has 0 amide bonds. The highest BCUT2D eigenvalue weighted by molar-refractivity contribution is 5.21. The first-order valence-electron chi connectivity index (χ1n) is 8.55. The van der Waals surface area contributed by atoms with Gasteiger partial charge in [0.15, 0.2) is 0 Å². The van der Waals surface area contributed by atoms with Gasteiger partial charge in [0.1, 0.15) is 18.2 Å². The van der Waals surface area contributed by atoms with Gasteiger partial charge in [-0.3, -0.25) is 4.90 Å². The molecule has 1 saturated heterocycles. The van der Waals surface area contributed by atoms with Crippen LogP contribution < -0.4 is 4.74 Å². The van der Waals surface area contributed by atoms with Crippen LogP contribution in [0.2, 0.25) is 0 Å².